The van der Waals surface area contributed by atoms with Crippen LogP contribution in [-0.4, -0.2) is 77.0 Å². The maximum absolute atomic E-state index is 12.3. The van der Waals surface area contributed by atoms with E-state index in [1.165, 1.54) is 5.56 Å². The monoisotopic (exact) mass is 356 g/mol. The quantitative estimate of drug-likeness (QED) is 0.842. The molecule has 2 aromatic rings. The zero-order valence-electron chi connectivity index (χ0n) is 15.9. The lowest BCUT2D eigenvalue weighted by Crippen LogP contribution is -2.46. The molecule has 1 atom stereocenters. The van der Waals surface area contributed by atoms with E-state index in [2.05, 4.69) is 70.6 Å². The van der Waals surface area contributed by atoms with Gasteiger partial charge in [-0.25, -0.2) is 4.68 Å². The van der Waals surface area contributed by atoms with Gasteiger partial charge < -0.3 is 10.2 Å². The van der Waals surface area contributed by atoms with Crippen molar-refractivity contribution in [2.75, 3.05) is 46.3 Å². The van der Waals surface area contributed by atoms with E-state index in [0.29, 0.717) is 12.2 Å². The summed E-state index contributed by atoms with van der Waals surface area (Å²) in [6, 6.07) is 8.35. The highest BCUT2D eigenvalue weighted by molar-refractivity contribution is 5.91. The van der Waals surface area contributed by atoms with Gasteiger partial charge in [-0.1, -0.05) is 35.0 Å². The summed E-state index contributed by atoms with van der Waals surface area (Å²) in [5.74, 6) is -0.165. The van der Waals surface area contributed by atoms with Crippen molar-refractivity contribution in [2.45, 2.75) is 19.9 Å². The van der Waals surface area contributed by atoms with Gasteiger partial charge in [0.1, 0.15) is 0 Å². The lowest BCUT2D eigenvalue weighted by Gasteiger charge is -2.32. The van der Waals surface area contributed by atoms with Crippen LogP contribution in [0.5, 0.6) is 0 Å². The highest BCUT2D eigenvalue weighted by Gasteiger charge is 2.16. The molecule has 26 heavy (non-hydrogen) atoms. The van der Waals surface area contributed by atoms with Gasteiger partial charge in [0.2, 0.25) is 0 Å². The first-order chi connectivity index (χ1) is 12.5. The Morgan fingerprint density at radius 3 is 2.58 bits per heavy atom. The normalized spacial score (nSPS) is 17.2. The number of aromatic nitrogens is 3. The summed E-state index contributed by atoms with van der Waals surface area (Å²) in [5.41, 5.74) is 2.73. The number of amides is 1. The van der Waals surface area contributed by atoms with Gasteiger partial charge >= 0.3 is 0 Å². The molecule has 1 saturated heterocycles. The average Bonchev–Trinajstić information content (AvgIpc) is 3.13. The largest absolute Gasteiger partial charge is 0.349 e. The van der Waals surface area contributed by atoms with Crippen LogP contribution in [-0.2, 0) is 0 Å². The van der Waals surface area contributed by atoms with E-state index in [9.17, 15) is 4.79 Å². The lowest BCUT2D eigenvalue weighted by molar-refractivity contribution is 0.0936. The van der Waals surface area contributed by atoms with Crippen LogP contribution in [0.1, 0.15) is 34.6 Å². The molecule has 140 valence electrons. The van der Waals surface area contributed by atoms with Crippen molar-refractivity contribution in [3.8, 4) is 0 Å². The number of carbonyl (C=O) groups is 1. The minimum absolute atomic E-state index is 0.0370. The van der Waals surface area contributed by atoms with E-state index >= 15 is 0 Å². The molecule has 1 aromatic heterocycles. The van der Waals surface area contributed by atoms with Gasteiger partial charge in [-0.2, -0.15) is 0 Å². The summed E-state index contributed by atoms with van der Waals surface area (Å²) in [6.45, 7) is 9.88. The van der Waals surface area contributed by atoms with Crippen LogP contribution in [0.2, 0.25) is 0 Å². The molecule has 0 bridgehead atoms. The lowest BCUT2D eigenvalue weighted by atomic mass is 10.1. The number of likely N-dealkylation sites (N-methyl/N-ethyl adjacent to an activating group) is 1. The van der Waals surface area contributed by atoms with Gasteiger partial charge in [-0.05, 0) is 26.5 Å². The Kier molecular flexibility index (Phi) is 6.00. The molecule has 0 saturated carbocycles. The second kappa shape index (κ2) is 8.42. The molecule has 1 amide bonds. The molecule has 1 aromatic carbocycles. The second-order valence-electron chi connectivity index (χ2n) is 7.07. The van der Waals surface area contributed by atoms with Crippen molar-refractivity contribution in [2.24, 2.45) is 0 Å². The summed E-state index contributed by atoms with van der Waals surface area (Å²) in [5, 5.41) is 11.1. The minimum Gasteiger partial charge on any atom is -0.349 e. The fourth-order valence-corrected chi connectivity index (χ4v) is 3.06. The fraction of sp³-hybridized carbons (Fsp3) is 0.526. The predicted molar refractivity (Wildman–Crippen MR) is 101 cm³/mol. The van der Waals surface area contributed by atoms with Gasteiger partial charge in [0.15, 0.2) is 5.69 Å². The zero-order chi connectivity index (χ0) is 18.5. The Balaban J connectivity index is 1.50. The third kappa shape index (κ3) is 4.68. The summed E-state index contributed by atoms with van der Waals surface area (Å²) in [4.78, 5) is 17.0. The van der Waals surface area contributed by atoms with Crippen molar-refractivity contribution in [3.05, 3.63) is 47.3 Å². The van der Waals surface area contributed by atoms with E-state index < -0.39 is 0 Å². The first-order valence-corrected chi connectivity index (χ1v) is 9.20. The van der Waals surface area contributed by atoms with Gasteiger partial charge in [-0.3, -0.25) is 9.69 Å². The molecule has 0 spiro atoms. The molecular weight excluding hydrogens is 328 g/mol. The number of benzene rings is 1. The first-order valence-electron chi connectivity index (χ1n) is 9.20. The molecule has 3 rings (SSSR count). The molecular formula is C19H28N6O. The van der Waals surface area contributed by atoms with E-state index in [1.807, 2.05) is 0 Å². The molecule has 1 fully saturated rings. The van der Waals surface area contributed by atoms with Gasteiger partial charge in [0.25, 0.3) is 5.91 Å². The standard InChI is InChI=1S/C19H28N6O/c1-15-4-6-17(7-5-15)16(2)25-14-18(21-22-25)19(26)20-8-9-24-12-10-23(3)11-13-24/h4-7,14,16H,8-13H2,1-3H3,(H,20,26)/t16-/m0/s1. The summed E-state index contributed by atoms with van der Waals surface area (Å²) >= 11 is 0. The molecule has 7 heteroatoms. The maximum atomic E-state index is 12.3. The second-order valence-corrected chi connectivity index (χ2v) is 7.07. The topological polar surface area (TPSA) is 66.3 Å². The number of hydrogen-bond acceptors (Lipinski definition) is 5. The van der Waals surface area contributed by atoms with Crippen LogP contribution in [0.4, 0.5) is 0 Å². The van der Waals surface area contributed by atoms with E-state index in [1.54, 1.807) is 10.9 Å². The van der Waals surface area contributed by atoms with Crippen molar-refractivity contribution >= 4 is 5.91 Å². The molecule has 1 aliphatic heterocycles. The maximum Gasteiger partial charge on any atom is 0.273 e. The molecule has 0 aliphatic carbocycles. The number of nitrogens with one attached hydrogen (secondary N) is 1. The Labute approximate surface area is 155 Å². The smallest absolute Gasteiger partial charge is 0.273 e. The molecule has 0 unspecified atom stereocenters. The van der Waals surface area contributed by atoms with Crippen LogP contribution in [0.3, 0.4) is 0 Å². The Hall–Kier alpha value is -2.25. The van der Waals surface area contributed by atoms with Gasteiger partial charge in [0.05, 0.1) is 12.2 Å². The third-order valence-corrected chi connectivity index (χ3v) is 5.01. The van der Waals surface area contributed by atoms with E-state index in [-0.39, 0.29) is 11.9 Å². The predicted octanol–water partition coefficient (Wildman–Crippen LogP) is 1.17. The van der Waals surface area contributed by atoms with Crippen molar-refractivity contribution < 1.29 is 4.79 Å². The molecule has 7 nitrogen and oxygen atoms in total. The van der Waals surface area contributed by atoms with Crippen molar-refractivity contribution in [1.29, 1.82) is 0 Å². The average molecular weight is 356 g/mol. The highest BCUT2D eigenvalue weighted by atomic mass is 16.2. The number of aryl methyl sites for hydroxylation is 1. The third-order valence-electron chi connectivity index (χ3n) is 5.01. The SMILES string of the molecule is Cc1ccc([C@H](C)n2cc(C(=O)NCCN3CCN(C)CC3)nn2)cc1. The molecule has 1 N–H and O–H groups in total. The fourth-order valence-electron chi connectivity index (χ4n) is 3.06. The van der Waals surface area contributed by atoms with Crippen LogP contribution < -0.4 is 5.32 Å². The van der Waals surface area contributed by atoms with Crippen LogP contribution in [0.25, 0.3) is 0 Å². The van der Waals surface area contributed by atoms with Crippen molar-refractivity contribution in [1.82, 2.24) is 30.1 Å². The molecule has 0 radical (unpaired) electrons. The number of piperazine rings is 1. The Bertz CT molecular complexity index is 718. The first kappa shape index (κ1) is 18.5. The number of nitrogens with zero attached hydrogens (tertiary/aromatic N) is 5. The minimum atomic E-state index is -0.165. The van der Waals surface area contributed by atoms with E-state index in [4.69, 9.17) is 0 Å². The summed E-state index contributed by atoms with van der Waals surface area (Å²) < 4.78 is 1.74. The number of carbonyl (C=O) groups excluding carboxylic acids is 1. The number of rotatable bonds is 6. The van der Waals surface area contributed by atoms with Gasteiger partial charge in [0, 0.05) is 39.3 Å². The summed E-state index contributed by atoms with van der Waals surface area (Å²) in [6.07, 6.45) is 1.72. The van der Waals surface area contributed by atoms with Crippen LogP contribution >= 0.6 is 0 Å². The van der Waals surface area contributed by atoms with Gasteiger partial charge in [-0.15, -0.1) is 5.10 Å². The van der Waals surface area contributed by atoms with Crippen LogP contribution in [0.15, 0.2) is 30.5 Å². The number of hydrogen-bond donors (Lipinski definition) is 1. The summed E-state index contributed by atoms with van der Waals surface area (Å²) in [7, 11) is 2.14. The molecule has 1 aliphatic rings. The molecule has 2 heterocycles. The van der Waals surface area contributed by atoms with E-state index in [0.717, 1.165) is 38.3 Å². The van der Waals surface area contributed by atoms with Crippen LogP contribution in [0, 0.1) is 6.92 Å². The van der Waals surface area contributed by atoms with Crippen molar-refractivity contribution in [3.63, 3.8) is 0 Å². The highest BCUT2D eigenvalue weighted by Crippen LogP contribution is 2.17. The Morgan fingerprint density at radius 2 is 1.88 bits per heavy atom. The zero-order valence-corrected chi connectivity index (χ0v) is 15.9. The Morgan fingerprint density at radius 1 is 1.19 bits per heavy atom.